The van der Waals surface area contributed by atoms with E-state index in [1.165, 1.54) is 0 Å². The van der Waals surface area contributed by atoms with E-state index in [2.05, 4.69) is 0 Å². The summed E-state index contributed by atoms with van der Waals surface area (Å²) in [6.07, 6.45) is -1.65. The molecule has 0 spiro atoms. The first-order chi connectivity index (χ1) is 7.75. The van der Waals surface area contributed by atoms with Gasteiger partial charge in [-0.05, 0) is 5.56 Å². The molecule has 16 heavy (non-hydrogen) atoms. The average Bonchev–Trinajstić information content (AvgIpc) is 2.59. The highest BCUT2D eigenvalue weighted by molar-refractivity contribution is 5.13. The van der Waals surface area contributed by atoms with Crippen LogP contribution in [0, 0.1) is 0 Å². The van der Waals surface area contributed by atoms with Crippen LogP contribution in [-0.4, -0.2) is 35.3 Å². The van der Waals surface area contributed by atoms with Gasteiger partial charge in [-0.3, -0.25) is 0 Å². The Hall–Kier alpha value is -0.940. The van der Waals surface area contributed by atoms with Crippen molar-refractivity contribution in [2.75, 3.05) is 6.61 Å². The molecule has 88 valence electrons. The summed E-state index contributed by atoms with van der Waals surface area (Å²) in [5.41, 5.74) is 1.08. The predicted molar refractivity (Wildman–Crippen MR) is 57.6 cm³/mol. The Morgan fingerprint density at radius 1 is 1.25 bits per heavy atom. The van der Waals surface area contributed by atoms with E-state index >= 15 is 0 Å². The van der Waals surface area contributed by atoms with Crippen LogP contribution in [0.4, 0.5) is 0 Å². The Bertz CT molecular complexity index is 314. The van der Waals surface area contributed by atoms with Gasteiger partial charge in [-0.1, -0.05) is 30.3 Å². The zero-order valence-electron chi connectivity index (χ0n) is 8.95. The minimum atomic E-state index is -0.861. The van der Waals surface area contributed by atoms with Crippen LogP contribution in [0.25, 0.3) is 0 Å². The van der Waals surface area contributed by atoms with E-state index in [0.29, 0.717) is 13.2 Å². The molecular weight excluding hydrogens is 208 g/mol. The number of ether oxygens (including phenoxy) is 2. The summed E-state index contributed by atoms with van der Waals surface area (Å²) in [6, 6.07) is 9.79. The van der Waals surface area contributed by atoms with Crippen LogP contribution in [0.1, 0.15) is 12.0 Å². The molecule has 0 aromatic heterocycles. The molecule has 1 heterocycles. The number of aliphatic hydroxyl groups is 2. The van der Waals surface area contributed by atoms with Gasteiger partial charge in [-0.2, -0.15) is 0 Å². The Balaban J connectivity index is 1.72. The maximum absolute atomic E-state index is 9.49. The van der Waals surface area contributed by atoms with Gasteiger partial charge in [-0.15, -0.1) is 0 Å². The molecule has 3 atom stereocenters. The van der Waals surface area contributed by atoms with Gasteiger partial charge in [0.25, 0.3) is 0 Å². The van der Waals surface area contributed by atoms with Crippen molar-refractivity contribution in [3.8, 4) is 0 Å². The third-order valence-corrected chi connectivity index (χ3v) is 2.60. The molecule has 0 aliphatic carbocycles. The van der Waals surface area contributed by atoms with E-state index in [0.717, 1.165) is 5.56 Å². The zero-order valence-corrected chi connectivity index (χ0v) is 8.95. The standard InChI is InChI=1S/C12H16O4/c13-10-6-12(14)16-11(10)8-15-7-9-4-2-1-3-5-9/h1-5,10-14H,6-8H2/t10-,11+,12?/m1/s1. The second kappa shape index (κ2) is 5.41. The zero-order chi connectivity index (χ0) is 11.4. The molecule has 1 saturated heterocycles. The SMILES string of the molecule is OC1C[C@@H](O)[C@H](COCc2ccccc2)O1. The topological polar surface area (TPSA) is 58.9 Å². The smallest absolute Gasteiger partial charge is 0.157 e. The summed E-state index contributed by atoms with van der Waals surface area (Å²) in [5.74, 6) is 0. The van der Waals surface area contributed by atoms with Crippen molar-refractivity contribution < 1.29 is 19.7 Å². The Labute approximate surface area is 94.4 Å². The van der Waals surface area contributed by atoms with Crippen molar-refractivity contribution in [2.45, 2.75) is 31.5 Å². The largest absolute Gasteiger partial charge is 0.390 e. The van der Waals surface area contributed by atoms with E-state index in [4.69, 9.17) is 14.6 Å². The molecule has 2 rings (SSSR count). The first-order valence-electron chi connectivity index (χ1n) is 5.39. The summed E-state index contributed by atoms with van der Waals surface area (Å²) < 4.78 is 10.5. The van der Waals surface area contributed by atoms with Gasteiger partial charge in [0.05, 0.1) is 19.3 Å². The van der Waals surface area contributed by atoms with Gasteiger partial charge in [0.1, 0.15) is 6.10 Å². The van der Waals surface area contributed by atoms with Crippen LogP contribution in [0.15, 0.2) is 30.3 Å². The summed E-state index contributed by atoms with van der Waals surface area (Å²) in [7, 11) is 0. The quantitative estimate of drug-likeness (QED) is 0.789. The van der Waals surface area contributed by atoms with Crippen molar-refractivity contribution >= 4 is 0 Å². The molecule has 4 heteroatoms. The van der Waals surface area contributed by atoms with Gasteiger partial charge < -0.3 is 19.7 Å². The fraction of sp³-hybridized carbons (Fsp3) is 0.500. The molecule has 1 aliphatic rings. The summed E-state index contributed by atoms with van der Waals surface area (Å²) in [4.78, 5) is 0. The first kappa shape index (κ1) is 11.5. The van der Waals surface area contributed by atoms with Crippen LogP contribution in [-0.2, 0) is 16.1 Å². The number of hydrogen-bond donors (Lipinski definition) is 2. The van der Waals surface area contributed by atoms with E-state index in [-0.39, 0.29) is 6.42 Å². The van der Waals surface area contributed by atoms with Crippen LogP contribution in [0.5, 0.6) is 0 Å². The minimum Gasteiger partial charge on any atom is -0.390 e. The number of rotatable bonds is 4. The van der Waals surface area contributed by atoms with Gasteiger partial charge in [0, 0.05) is 6.42 Å². The van der Waals surface area contributed by atoms with Gasteiger partial charge in [0.2, 0.25) is 0 Å². The molecule has 1 aliphatic heterocycles. The highest BCUT2D eigenvalue weighted by Crippen LogP contribution is 2.19. The normalized spacial score (nSPS) is 29.5. The fourth-order valence-corrected chi connectivity index (χ4v) is 1.72. The van der Waals surface area contributed by atoms with Gasteiger partial charge >= 0.3 is 0 Å². The second-order valence-electron chi connectivity index (χ2n) is 3.93. The maximum Gasteiger partial charge on any atom is 0.157 e. The number of aliphatic hydroxyl groups excluding tert-OH is 2. The molecule has 0 amide bonds. The van der Waals surface area contributed by atoms with Crippen molar-refractivity contribution in [1.29, 1.82) is 0 Å². The molecule has 1 unspecified atom stereocenters. The summed E-state index contributed by atoms with van der Waals surface area (Å²) in [6.45, 7) is 0.788. The number of hydrogen-bond acceptors (Lipinski definition) is 4. The molecule has 1 aromatic carbocycles. The molecule has 1 fully saturated rings. The average molecular weight is 224 g/mol. The van der Waals surface area contributed by atoms with Crippen molar-refractivity contribution in [3.63, 3.8) is 0 Å². The lowest BCUT2D eigenvalue weighted by Crippen LogP contribution is -2.26. The number of benzene rings is 1. The Morgan fingerprint density at radius 3 is 2.62 bits per heavy atom. The first-order valence-corrected chi connectivity index (χ1v) is 5.39. The minimum absolute atomic E-state index is 0.263. The molecule has 0 radical (unpaired) electrons. The molecular formula is C12H16O4. The third-order valence-electron chi connectivity index (χ3n) is 2.60. The van der Waals surface area contributed by atoms with Crippen molar-refractivity contribution in [2.24, 2.45) is 0 Å². The van der Waals surface area contributed by atoms with Crippen LogP contribution in [0.2, 0.25) is 0 Å². The Morgan fingerprint density at radius 2 is 2.00 bits per heavy atom. The van der Waals surface area contributed by atoms with E-state index < -0.39 is 18.5 Å². The van der Waals surface area contributed by atoms with Crippen molar-refractivity contribution in [1.82, 2.24) is 0 Å². The summed E-state index contributed by atoms with van der Waals surface area (Å²) in [5, 5.41) is 18.6. The summed E-state index contributed by atoms with van der Waals surface area (Å²) >= 11 is 0. The fourth-order valence-electron chi connectivity index (χ4n) is 1.72. The molecule has 0 bridgehead atoms. The highest BCUT2D eigenvalue weighted by Gasteiger charge is 2.32. The molecule has 1 aromatic rings. The predicted octanol–water partition coefficient (Wildman–Crippen LogP) is 0.671. The van der Waals surface area contributed by atoms with Gasteiger partial charge in [0.15, 0.2) is 6.29 Å². The Kier molecular flexibility index (Phi) is 3.90. The lowest BCUT2D eigenvalue weighted by atomic mass is 10.2. The molecule has 0 saturated carbocycles. The molecule has 2 N–H and O–H groups in total. The van der Waals surface area contributed by atoms with E-state index in [1.807, 2.05) is 30.3 Å². The second-order valence-corrected chi connectivity index (χ2v) is 3.93. The molecule has 4 nitrogen and oxygen atoms in total. The van der Waals surface area contributed by atoms with Crippen LogP contribution in [0.3, 0.4) is 0 Å². The van der Waals surface area contributed by atoms with E-state index in [9.17, 15) is 5.11 Å². The van der Waals surface area contributed by atoms with Crippen molar-refractivity contribution in [3.05, 3.63) is 35.9 Å². The van der Waals surface area contributed by atoms with Gasteiger partial charge in [-0.25, -0.2) is 0 Å². The highest BCUT2D eigenvalue weighted by atomic mass is 16.6. The third kappa shape index (κ3) is 3.02. The lowest BCUT2D eigenvalue weighted by Gasteiger charge is -2.13. The van der Waals surface area contributed by atoms with E-state index in [1.54, 1.807) is 0 Å². The monoisotopic (exact) mass is 224 g/mol. The van der Waals surface area contributed by atoms with Crippen LogP contribution < -0.4 is 0 Å². The lowest BCUT2D eigenvalue weighted by molar-refractivity contribution is -0.117. The van der Waals surface area contributed by atoms with Crippen LogP contribution >= 0.6 is 0 Å². The maximum atomic E-state index is 9.49.